The van der Waals surface area contributed by atoms with Crippen molar-refractivity contribution in [2.24, 2.45) is 0 Å². The number of hydrogen-bond donors (Lipinski definition) is 1. The van der Waals surface area contributed by atoms with Crippen LogP contribution in [0.1, 0.15) is 50.4 Å². The van der Waals surface area contributed by atoms with Gasteiger partial charge in [0.25, 0.3) is 0 Å². The summed E-state index contributed by atoms with van der Waals surface area (Å²) in [6.07, 6.45) is 8.83. The van der Waals surface area contributed by atoms with Crippen LogP contribution in [-0.4, -0.2) is 26.4 Å². The fraction of sp³-hybridized carbons (Fsp3) is 0.476. The molecule has 1 aromatic carbocycles. The van der Waals surface area contributed by atoms with Crippen LogP contribution in [0.2, 0.25) is 5.02 Å². The number of carbonyl (C=O) groups excluding carboxylic acids is 1. The van der Waals surface area contributed by atoms with Crippen LogP contribution in [0.5, 0.6) is 0 Å². The molecule has 1 heterocycles. The van der Waals surface area contributed by atoms with Gasteiger partial charge >= 0.3 is 0 Å². The summed E-state index contributed by atoms with van der Waals surface area (Å²) in [6.45, 7) is 8.62. The third-order valence-corrected chi connectivity index (χ3v) is 5.77. The van der Waals surface area contributed by atoms with E-state index in [1.54, 1.807) is 6.07 Å². The normalized spacial score (nSPS) is 10.8. The lowest BCUT2D eigenvalue weighted by Crippen LogP contribution is -2.15. The lowest BCUT2D eigenvalue weighted by molar-refractivity contribution is -0.113. The van der Waals surface area contributed by atoms with E-state index in [4.69, 9.17) is 11.6 Å². The van der Waals surface area contributed by atoms with E-state index in [1.165, 1.54) is 37.4 Å². The highest BCUT2D eigenvalue weighted by molar-refractivity contribution is 7.99. The number of rotatable bonds is 12. The van der Waals surface area contributed by atoms with Crippen LogP contribution < -0.4 is 5.32 Å². The summed E-state index contributed by atoms with van der Waals surface area (Å²) in [5, 5.41) is 12.9. The van der Waals surface area contributed by atoms with E-state index in [0.717, 1.165) is 29.4 Å². The van der Waals surface area contributed by atoms with Gasteiger partial charge in [0, 0.05) is 23.7 Å². The van der Waals surface area contributed by atoms with Crippen molar-refractivity contribution in [1.29, 1.82) is 0 Å². The third kappa shape index (κ3) is 6.99. The molecule has 152 valence electrons. The van der Waals surface area contributed by atoms with Gasteiger partial charge in [0.15, 0.2) is 5.16 Å². The molecule has 0 atom stereocenters. The van der Waals surface area contributed by atoms with Gasteiger partial charge in [-0.1, -0.05) is 68.1 Å². The Labute approximate surface area is 177 Å². The van der Waals surface area contributed by atoms with Gasteiger partial charge in [-0.3, -0.25) is 4.79 Å². The number of amides is 1. The van der Waals surface area contributed by atoms with E-state index in [9.17, 15) is 4.79 Å². The lowest BCUT2D eigenvalue weighted by Gasteiger charge is -2.09. The molecular formula is C21H29ClN4OS. The van der Waals surface area contributed by atoms with E-state index in [0.29, 0.717) is 17.3 Å². The molecule has 0 radical (unpaired) electrons. The van der Waals surface area contributed by atoms with Crippen LogP contribution in [-0.2, 0) is 17.8 Å². The monoisotopic (exact) mass is 420 g/mol. The van der Waals surface area contributed by atoms with Gasteiger partial charge in [0.1, 0.15) is 5.82 Å². The number of aromatic nitrogens is 3. The summed E-state index contributed by atoms with van der Waals surface area (Å²) >= 11 is 7.50. The fourth-order valence-corrected chi connectivity index (χ4v) is 3.75. The Bertz CT molecular complexity index is 791. The Hall–Kier alpha value is -1.79. The maximum Gasteiger partial charge on any atom is 0.234 e. The highest BCUT2D eigenvalue weighted by Crippen LogP contribution is 2.22. The molecule has 2 rings (SSSR count). The Morgan fingerprint density at radius 1 is 1.29 bits per heavy atom. The molecule has 0 aliphatic carbocycles. The molecule has 0 aliphatic rings. The predicted octanol–water partition coefficient (Wildman–Crippen LogP) is 5.67. The van der Waals surface area contributed by atoms with Crippen molar-refractivity contribution in [2.75, 3.05) is 11.1 Å². The van der Waals surface area contributed by atoms with Crippen LogP contribution in [0.15, 0.2) is 36.0 Å². The number of thioether (sulfide) groups is 1. The Morgan fingerprint density at radius 3 is 2.79 bits per heavy atom. The Morgan fingerprint density at radius 2 is 2.07 bits per heavy atom. The second kappa shape index (κ2) is 11.9. The third-order valence-electron chi connectivity index (χ3n) is 4.40. The molecule has 0 saturated carbocycles. The van der Waals surface area contributed by atoms with Gasteiger partial charge in [0.05, 0.1) is 5.75 Å². The zero-order chi connectivity index (χ0) is 20.4. The maximum absolute atomic E-state index is 12.3. The minimum Gasteiger partial charge on any atom is -0.325 e. The van der Waals surface area contributed by atoms with Crippen molar-refractivity contribution < 1.29 is 4.79 Å². The summed E-state index contributed by atoms with van der Waals surface area (Å²) < 4.78 is 2.05. The SMILES string of the molecule is C=CCn1c(CCCCCCC)nnc1SCC(=O)Nc1ccc(C)c(Cl)c1. The van der Waals surface area contributed by atoms with Crippen LogP contribution in [0.3, 0.4) is 0 Å². The number of nitrogens with zero attached hydrogens (tertiary/aromatic N) is 3. The van der Waals surface area contributed by atoms with Gasteiger partial charge in [-0.15, -0.1) is 16.8 Å². The molecule has 0 fully saturated rings. The maximum atomic E-state index is 12.3. The first-order valence-electron chi connectivity index (χ1n) is 9.77. The van der Waals surface area contributed by atoms with Gasteiger partial charge < -0.3 is 9.88 Å². The molecule has 1 aromatic heterocycles. The van der Waals surface area contributed by atoms with Crippen LogP contribution in [0.25, 0.3) is 0 Å². The average molecular weight is 421 g/mol. The molecule has 1 N–H and O–H groups in total. The first kappa shape index (κ1) is 22.5. The Kier molecular flexibility index (Phi) is 9.58. The number of hydrogen-bond acceptors (Lipinski definition) is 4. The molecule has 0 bridgehead atoms. The molecule has 28 heavy (non-hydrogen) atoms. The first-order valence-corrected chi connectivity index (χ1v) is 11.1. The number of unbranched alkanes of at least 4 members (excludes halogenated alkanes) is 4. The molecule has 5 nitrogen and oxygen atoms in total. The number of nitrogens with one attached hydrogen (secondary N) is 1. The van der Waals surface area contributed by atoms with Crippen molar-refractivity contribution in [2.45, 2.75) is 64.1 Å². The number of carbonyl (C=O) groups is 1. The second-order valence-electron chi connectivity index (χ2n) is 6.76. The molecular weight excluding hydrogens is 392 g/mol. The highest BCUT2D eigenvalue weighted by Gasteiger charge is 2.13. The van der Waals surface area contributed by atoms with Gasteiger partial charge in [-0.2, -0.15) is 0 Å². The number of aryl methyl sites for hydroxylation is 2. The number of anilines is 1. The molecule has 0 unspecified atom stereocenters. The minimum absolute atomic E-state index is 0.0980. The quantitative estimate of drug-likeness (QED) is 0.273. The van der Waals surface area contributed by atoms with Crippen molar-refractivity contribution >= 4 is 35.0 Å². The van der Waals surface area contributed by atoms with Crippen molar-refractivity contribution in [1.82, 2.24) is 14.8 Å². The second-order valence-corrected chi connectivity index (χ2v) is 8.11. The zero-order valence-corrected chi connectivity index (χ0v) is 18.3. The van der Waals surface area contributed by atoms with E-state index in [-0.39, 0.29) is 11.7 Å². The Balaban J connectivity index is 1.90. The number of benzene rings is 1. The summed E-state index contributed by atoms with van der Waals surface area (Å²) in [7, 11) is 0. The largest absolute Gasteiger partial charge is 0.325 e. The topological polar surface area (TPSA) is 59.8 Å². The molecule has 2 aromatic rings. The van der Waals surface area contributed by atoms with Crippen LogP contribution in [0.4, 0.5) is 5.69 Å². The van der Waals surface area contributed by atoms with Gasteiger partial charge in [0.2, 0.25) is 5.91 Å². The molecule has 0 aliphatic heterocycles. The first-order chi connectivity index (χ1) is 13.5. The van der Waals surface area contributed by atoms with Crippen molar-refractivity contribution in [3.05, 3.63) is 47.3 Å². The summed E-state index contributed by atoms with van der Waals surface area (Å²) in [5.74, 6) is 1.13. The van der Waals surface area contributed by atoms with Gasteiger partial charge in [-0.05, 0) is 31.0 Å². The smallest absolute Gasteiger partial charge is 0.234 e. The van der Waals surface area contributed by atoms with E-state index in [2.05, 4.69) is 29.0 Å². The highest BCUT2D eigenvalue weighted by atomic mass is 35.5. The number of allylic oxidation sites excluding steroid dienone is 1. The van der Waals surface area contributed by atoms with Crippen molar-refractivity contribution in [3.63, 3.8) is 0 Å². The molecule has 1 amide bonds. The fourth-order valence-electron chi connectivity index (χ4n) is 2.81. The van der Waals surface area contributed by atoms with E-state index in [1.807, 2.05) is 29.7 Å². The number of halogens is 1. The molecule has 7 heteroatoms. The predicted molar refractivity (Wildman–Crippen MR) is 118 cm³/mol. The van der Waals surface area contributed by atoms with Gasteiger partial charge in [-0.25, -0.2) is 0 Å². The summed E-state index contributed by atoms with van der Waals surface area (Å²) in [4.78, 5) is 12.3. The average Bonchev–Trinajstić information content (AvgIpc) is 3.05. The van der Waals surface area contributed by atoms with Crippen molar-refractivity contribution in [3.8, 4) is 0 Å². The summed E-state index contributed by atoms with van der Waals surface area (Å²) in [5.41, 5.74) is 1.68. The van der Waals surface area contributed by atoms with E-state index >= 15 is 0 Å². The van der Waals surface area contributed by atoms with Crippen LogP contribution >= 0.6 is 23.4 Å². The molecule has 0 saturated heterocycles. The van der Waals surface area contributed by atoms with E-state index < -0.39 is 0 Å². The zero-order valence-electron chi connectivity index (χ0n) is 16.7. The molecule has 0 spiro atoms. The minimum atomic E-state index is -0.0980. The standard InChI is InChI=1S/C21H29ClN4OS/c1-4-6-7-8-9-10-19-24-25-21(26(19)13-5-2)28-15-20(27)23-17-12-11-16(3)18(22)14-17/h5,11-12,14H,2,4,6-10,13,15H2,1,3H3,(H,23,27). The lowest BCUT2D eigenvalue weighted by atomic mass is 10.1. The van der Waals surface area contributed by atoms with Crippen LogP contribution in [0, 0.1) is 6.92 Å². The summed E-state index contributed by atoms with van der Waals surface area (Å²) in [6, 6.07) is 5.50.